The Morgan fingerprint density at radius 1 is 1.35 bits per heavy atom. The van der Waals surface area contributed by atoms with E-state index in [1.165, 1.54) is 0 Å². The van der Waals surface area contributed by atoms with Gasteiger partial charge in [0.05, 0.1) is 6.26 Å². The maximum absolute atomic E-state index is 5.31. The molecule has 2 aromatic heterocycles. The van der Waals surface area contributed by atoms with Crippen molar-refractivity contribution >= 4 is 5.82 Å². The number of hydrogen-bond acceptors (Lipinski definition) is 4. The van der Waals surface area contributed by atoms with Crippen molar-refractivity contribution in [2.24, 2.45) is 0 Å². The van der Waals surface area contributed by atoms with Crippen LogP contribution < -0.4 is 10.6 Å². The van der Waals surface area contributed by atoms with E-state index in [1.807, 2.05) is 18.2 Å². The molecule has 0 atom stereocenters. The second-order valence-corrected chi connectivity index (χ2v) is 4.31. The molecule has 1 saturated heterocycles. The maximum atomic E-state index is 5.31. The zero-order chi connectivity index (χ0) is 11.5. The minimum Gasteiger partial charge on any atom is -0.463 e. The SMILES string of the molecule is c1coc(-c2cc(NC3CCNCC3)n[nH]2)c1. The second-order valence-electron chi connectivity index (χ2n) is 4.31. The van der Waals surface area contributed by atoms with Gasteiger partial charge < -0.3 is 15.1 Å². The average Bonchev–Trinajstić information content (AvgIpc) is 3.00. The summed E-state index contributed by atoms with van der Waals surface area (Å²) in [6.45, 7) is 2.15. The Labute approximate surface area is 99.6 Å². The molecular formula is C12H16N4O. The van der Waals surface area contributed by atoms with Crippen LogP contribution in [-0.2, 0) is 0 Å². The Bertz CT molecular complexity index is 457. The number of nitrogens with zero attached hydrogens (tertiary/aromatic N) is 1. The highest BCUT2D eigenvalue weighted by Gasteiger charge is 2.14. The molecule has 5 heteroatoms. The van der Waals surface area contributed by atoms with E-state index in [1.54, 1.807) is 6.26 Å². The predicted molar refractivity (Wildman–Crippen MR) is 65.8 cm³/mol. The van der Waals surface area contributed by atoms with E-state index in [0.717, 1.165) is 43.2 Å². The van der Waals surface area contributed by atoms with Crippen LogP contribution in [0.4, 0.5) is 5.82 Å². The molecule has 3 heterocycles. The van der Waals surface area contributed by atoms with Gasteiger partial charge in [-0.15, -0.1) is 0 Å². The molecule has 17 heavy (non-hydrogen) atoms. The molecule has 0 aliphatic carbocycles. The van der Waals surface area contributed by atoms with Gasteiger partial charge in [0.2, 0.25) is 0 Å². The van der Waals surface area contributed by atoms with Gasteiger partial charge in [-0.2, -0.15) is 5.10 Å². The van der Waals surface area contributed by atoms with Crippen molar-refractivity contribution in [2.45, 2.75) is 18.9 Å². The average molecular weight is 232 g/mol. The Morgan fingerprint density at radius 2 is 2.24 bits per heavy atom. The first-order chi connectivity index (χ1) is 8.42. The summed E-state index contributed by atoms with van der Waals surface area (Å²) in [5, 5.41) is 14.0. The van der Waals surface area contributed by atoms with Crippen LogP contribution in [0.2, 0.25) is 0 Å². The summed E-state index contributed by atoms with van der Waals surface area (Å²) in [5.41, 5.74) is 0.909. The minimum atomic E-state index is 0.518. The number of piperidine rings is 1. The zero-order valence-electron chi connectivity index (χ0n) is 9.57. The molecule has 0 spiro atoms. The third-order valence-corrected chi connectivity index (χ3v) is 3.06. The molecular weight excluding hydrogens is 216 g/mol. The van der Waals surface area contributed by atoms with Crippen molar-refractivity contribution < 1.29 is 4.42 Å². The summed E-state index contributed by atoms with van der Waals surface area (Å²) in [6, 6.07) is 6.29. The molecule has 0 radical (unpaired) electrons. The summed E-state index contributed by atoms with van der Waals surface area (Å²) in [5.74, 6) is 1.71. The third kappa shape index (κ3) is 2.34. The van der Waals surface area contributed by atoms with E-state index in [0.29, 0.717) is 6.04 Å². The Hall–Kier alpha value is -1.75. The second kappa shape index (κ2) is 4.63. The Balaban J connectivity index is 1.68. The first-order valence-electron chi connectivity index (χ1n) is 5.98. The first-order valence-corrected chi connectivity index (χ1v) is 5.98. The fraction of sp³-hybridized carbons (Fsp3) is 0.417. The van der Waals surface area contributed by atoms with Crippen LogP contribution in [0.1, 0.15) is 12.8 Å². The number of aromatic nitrogens is 2. The molecule has 0 saturated carbocycles. The van der Waals surface area contributed by atoms with Gasteiger partial charge in [-0.05, 0) is 38.1 Å². The molecule has 1 fully saturated rings. The van der Waals surface area contributed by atoms with Crippen LogP contribution in [-0.4, -0.2) is 29.3 Å². The molecule has 0 amide bonds. The highest BCUT2D eigenvalue weighted by atomic mass is 16.3. The van der Waals surface area contributed by atoms with Crippen molar-refractivity contribution in [3.63, 3.8) is 0 Å². The van der Waals surface area contributed by atoms with Gasteiger partial charge in [-0.25, -0.2) is 0 Å². The van der Waals surface area contributed by atoms with E-state index in [-0.39, 0.29) is 0 Å². The Kier molecular flexibility index (Phi) is 2.83. The quantitative estimate of drug-likeness (QED) is 0.755. The Morgan fingerprint density at radius 3 is 3.00 bits per heavy atom. The molecule has 0 unspecified atom stereocenters. The number of furan rings is 1. The lowest BCUT2D eigenvalue weighted by Gasteiger charge is -2.23. The lowest BCUT2D eigenvalue weighted by molar-refractivity contribution is 0.478. The van der Waals surface area contributed by atoms with Crippen molar-refractivity contribution in [1.29, 1.82) is 0 Å². The normalized spacial score (nSPS) is 17.2. The lowest BCUT2D eigenvalue weighted by atomic mass is 10.1. The zero-order valence-corrected chi connectivity index (χ0v) is 9.57. The van der Waals surface area contributed by atoms with Gasteiger partial charge in [0.15, 0.2) is 5.76 Å². The molecule has 5 nitrogen and oxygen atoms in total. The van der Waals surface area contributed by atoms with E-state index in [9.17, 15) is 0 Å². The summed E-state index contributed by atoms with van der Waals surface area (Å²) >= 11 is 0. The number of hydrogen-bond donors (Lipinski definition) is 3. The van der Waals surface area contributed by atoms with Gasteiger partial charge in [0, 0.05) is 12.1 Å². The van der Waals surface area contributed by atoms with Crippen molar-refractivity contribution in [3.05, 3.63) is 24.5 Å². The number of anilines is 1. The van der Waals surface area contributed by atoms with Gasteiger partial charge in [0.1, 0.15) is 11.5 Å². The molecule has 1 aliphatic heterocycles. The van der Waals surface area contributed by atoms with Crippen LogP contribution in [0.3, 0.4) is 0 Å². The van der Waals surface area contributed by atoms with E-state index >= 15 is 0 Å². The standard InChI is InChI=1S/C12H16N4O/c1-2-11(17-7-1)10-8-12(16-15-10)14-9-3-5-13-6-4-9/h1-2,7-9,13H,3-6H2,(H2,14,15,16). The monoisotopic (exact) mass is 232 g/mol. The van der Waals surface area contributed by atoms with Crippen LogP contribution in [0.25, 0.3) is 11.5 Å². The molecule has 90 valence electrons. The fourth-order valence-electron chi connectivity index (χ4n) is 2.13. The number of aromatic amines is 1. The van der Waals surface area contributed by atoms with Crippen LogP contribution in [0, 0.1) is 0 Å². The third-order valence-electron chi connectivity index (χ3n) is 3.06. The highest BCUT2D eigenvalue weighted by Crippen LogP contribution is 2.21. The summed E-state index contributed by atoms with van der Waals surface area (Å²) in [6.07, 6.45) is 3.95. The van der Waals surface area contributed by atoms with E-state index in [2.05, 4.69) is 20.8 Å². The summed E-state index contributed by atoms with van der Waals surface area (Å²) < 4.78 is 5.31. The molecule has 3 rings (SSSR count). The number of H-pyrrole nitrogens is 1. The molecule has 2 aromatic rings. The van der Waals surface area contributed by atoms with Crippen LogP contribution in [0.5, 0.6) is 0 Å². The molecule has 1 aliphatic rings. The van der Waals surface area contributed by atoms with Gasteiger partial charge >= 0.3 is 0 Å². The summed E-state index contributed by atoms with van der Waals surface area (Å²) in [7, 11) is 0. The van der Waals surface area contributed by atoms with Crippen molar-refractivity contribution in [3.8, 4) is 11.5 Å². The topological polar surface area (TPSA) is 65.9 Å². The van der Waals surface area contributed by atoms with Crippen molar-refractivity contribution in [1.82, 2.24) is 15.5 Å². The van der Waals surface area contributed by atoms with E-state index in [4.69, 9.17) is 4.42 Å². The number of nitrogens with one attached hydrogen (secondary N) is 3. The molecule has 0 aromatic carbocycles. The molecule has 0 bridgehead atoms. The fourth-order valence-corrected chi connectivity index (χ4v) is 2.13. The smallest absolute Gasteiger partial charge is 0.151 e. The van der Waals surface area contributed by atoms with Gasteiger partial charge in [-0.1, -0.05) is 0 Å². The van der Waals surface area contributed by atoms with Gasteiger partial charge in [0.25, 0.3) is 0 Å². The highest BCUT2D eigenvalue weighted by molar-refractivity contribution is 5.57. The van der Waals surface area contributed by atoms with Gasteiger partial charge in [-0.3, -0.25) is 5.10 Å². The lowest BCUT2D eigenvalue weighted by Crippen LogP contribution is -2.35. The molecule has 3 N–H and O–H groups in total. The van der Waals surface area contributed by atoms with Crippen LogP contribution in [0.15, 0.2) is 28.9 Å². The first kappa shape index (κ1) is 10.4. The largest absolute Gasteiger partial charge is 0.463 e. The summed E-state index contributed by atoms with van der Waals surface area (Å²) in [4.78, 5) is 0. The minimum absolute atomic E-state index is 0.518. The van der Waals surface area contributed by atoms with E-state index < -0.39 is 0 Å². The predicted octanol–water partition coefficient (Wildman–Crippen LogP) is 1.83. The van der Waals surface area contributed by atoms with Crippen LogP contribution >= 0.6 is 0 Å². The maximum Gasteiger partial charge on any atom is 0.151 e. The van der Waals surface area contributed by atoms with Crippen molar-refractivity contribution in [2.75, 3.05) is 18.4 Å². The number of rotatable bonds is 3.